The molecule has 0 aliphatic carbocycles. The Morgan fingerprint density at radius 1 is 1.12 bits per heavy atom. The van der Waals surface area contributed by atoms with Gasteiger partial charge in [0.1, 0.15) is 0 Å². The molecule has 88 valence electrons. The molecule has 1 rings (SSSR count). The lowest BCUT2D eigenvalue weighted by atomic mass is 9.82. The first-order valence-corrected chi connectivity index (χ1v) is 5.82. The van der Waals surface area contributed by atoms with Gasteiger partial charge in [-0.3, -0.25) is 0 Å². The van der Waals surface area contributed by atoms with E-state index in [1.807, 2.05) is 18.2 Å². The van der Waals surface area contributed by atoms with Gasteiger partial charge in [-0.1, -0.05) is 70.2 Å². The van der Waals surface area contributed by atoms with Crippen LogP contribution in [-0.2, 0) is 0 Å². The number of rotatable bonds is 3. The van der Waals surface area contributed by atoms with E-state index in [1.54, 1.807) is 0 Å². The van der Waals surface area contributed by atoms with Gasteiger partial charge in [0.05, 0.1) is 6.10 Å². The van der Waals surface area contributed by atoms with Crippen LogP contribution in [-0.4, -0.2) is 11.2 Å². The van der Waals surface area contributed by atoms with Crippen molar-refractivity contribution in [1.82, 2.24) is 0 Å². The maximum Gasteiger partial charge on any atom is 0.0648 e. The molecule has 0 fully saturated rings. The average molecular weight is 218 g/mol. The Morgan fingerprint density at radius 3 is 2.19 bits per heavy atom. The Morgan fingerprint density at radius 2 is 1.69 bits per heavy atom. The van der Waals surface area contributed by atoms with Gasteiger partial charge in [0.2, 0.25) is 0 Å². The van der Waals surface area contributed by atoms with E-state index in [2.05, 4.69) is 52.0 Å². The van der Waals surface area contributed by atoms with Crippen molar-refractivity contribution in [2.75, 3.05) is 0 Å². The van der Waals surface area contributed by atoms with Crippen LogP contribution in [0.5, 0.6) is 0 Å². The van der Waals surface area contributed by atoms with E-state index >= 15 is 0 Å². The van der Waals surface area contributed by atoms with E-state index < -0.39 is 0 Å². The highest BCUT2D eigenvalue weighted by atomic mass is 16.3. The minimum atomic E-state index is -0.313. The van der Waals surface area contributed by atoms with Gasteiger partial charge in [-0.25, -0.2) is 0 Å². The van der Waals surface area contributed by atoms with E-state index in [0.29, 0.717) is 0 Å². The van der Waals surface area contributed by atoms with Gasteiger partial charge in [0.25, 0.3) is 0 Å². The SMILES string of the molecule is C[C@H](/C=C/c1ccccc1)[C@@H](O)C(C)(C)C. The summed E-state index contributed by atoms with van der Waals surface area (Å²) in [7, 11) is 0. The number of aliphatic hydroxyl groups is 1. The molecule has 0 unspecified atom stereocenters. The zero-order chi connectivity index (χ0) is 12.2. The van der Waals surface area contributed by atoms with Gasteiger partial charge in [-0.05, 0) is 11.0 Å². The molecule has 0 spiro atoms. The molecule has 1 nitrogen and oxygen atoms in total. The predicted molar refractivity (Wildman–Crippen MR) is 70.1 cm³/mol. The van der Waals surface area contributed by atoms with E-state index in [9.17, 15) is 5.11 Å². The first kappa shape index (κ1) is 13.0. The average Bonchev–Trinajstić information content (AvgIpc) is 2.25. The zero-order valence-electron chi connectivity index (χ0n) is 10.6. The fourth-order valence-electron chi connectivity index (χ4n) is 1.72. The Bertz CT molecular complexity index is 332. The maximum absolute atomic E-state index is 10.1. The summed E-state index contributed by atoms with van der Waals surface area (Å²) >= 11 is 0. The van der Waals surface area contributed by atoms with Gasteiger partial charge < -0.3 is 5.11 Å². The first-order valence-electron chi connectivity index (χ1n) is 5.82. The maximum atomic E-state index is 10.1. The highest BCUT2D eigenvalue weighted by Gasteiger charge is 2.25. The number of hydrogen-bond donors (Lipinski definition) is 1. The van der Waals surface area contributed by atoms with Crippen LogP contribution in [0.2, 0.25) is 0 Å². The quantitative estimate of drug-likeness (QED) is 0.819. The van der Waals surface area contributed by atoms with Crippen LogP contribution >= 0.6 is 0 Å². The van der Waals surface area contributed by atoms with Gasteiger partial charge >= 0.3 is 0 Å². The molecule has 0 radical (unpaired) electrons. The van der Waals surface area contributed by atoms with Crippen molar-refractivity contribution >= 4 is 6.08 Å². The van der Waals surface area contributed by atoms with Crippen molar-refractivity contribution in [2.45, 2.75) is 33.8 Å². The lowest BCUT2D eigenvalue weighted by molar-refractivity contribution is 0.0340. The molecule has 0 saturated heterocycles. The van der Waals surface area contributed by atoms with Crippen LogP contribution in [0.1, 0.15) is 33.3 Å². The van der Waals surface area contributed by atoms with E-state index in [1.165, 1.54) is 5.56 Å². The lowest BCUT2D eigenvalue weighted by Gasteiger charge is -2.29. The summed E-state index contributed by atoms with van der Waals surface area (Å²) in [6.07, 6.45) is 3.83. The Balaban J connectivity index is 2.65. The van der Waals surface area contributed by atoms with Crippen molar-refractivity contribution in [2.24, 2.45) is 11.3 Å². The predicted octanol–water partition coefficient (Wildman–Crippen LogP) is 3.74. The first-order chi connectivity index (χ1) is 7.41. The Hall–Kier alpha value is -1.08. The van der Waals surface area contributed by atoms with Crippen LogP contribution in [0, 0.1) is 11.3 Å². The summed E-state index contributed by atoms with van der Waals surface area (Å²) < 4.78 is 0. The van der Waals surface area contributed by atoms with Gasteiger partial charge in [0.15, 0.2) is 0 Å². The van der Waals surface area contributed by atoms with Gasteiger partial charge in [0, 0.05) is 5.92 Å². The highest BCUT2D eigenvalue weighted by Crippen LogP contribution is 2.26. The second-order valence-electron chi connectivity index (χ2n) is 5.44. The van der Waals surface area contributed by atoms with E-state index in [-0.39, 0.29) is 17.4 Å². The summed E-state index contributed by atoms with van der Waals surface area (Å²) in [6.45, 7) is 8.23. The number of hydrogen-bond acceptors (Lipinski definition) is 1. The summed E-state index contributed by atoms with van der Waals surface area (Å²) in [5.74, 6) is 0.167. The summed E-state index contributed by atoms with van der Waals surface area (Å²) in [5, 5.41) is 10.1. The molecule has 0 heterocycles. The lowest BCUT2D eigenvalue weighted by Crippen LogP contribution is -2.31. The van der Waals surface area contributed by atoms with Crippen molar-refractivity contribution in [3.05, 3.63) is 42.0 Å². The molecule has 1 aromatic rings. The van der Waals surface area contributed by atoms with E-state index in [4.69, 9.17) is 0 Å². The highest BCUT2D eigenvalue weighted by molar-refractivity contribution is 5.49. The molecular formula is C15H22O. The minimum Gasteiger partial charge on any atom is -0.392 e. The van der Waals surface area contributed by atoms with Crippen LogP contribution in [0.4, 0.5) is 0 Å². The topological polar surface area (TPSA) is 20.2 Å². The van der Waals surface area contributed by atoms with Crippen LogP contribution < -0.4 is 0 Å². The molecule has 0 amide bonds. The molecule has 0 aromatic heterocycles. The molecule has 16 heavy (non-hydrogen) atoms. The van der Waals surface area contributed by atoms with Gasteiger partial charge in [-0.15, -0.1) is 0 Å². The molecule has 0 aliphatic rings. The minimum absolute atomic E-state index is 0.0690. The van der Waals surface area contributed by atoms with Crippen LogP contribution in [0.3, 0.4) is 0 Å². The molecule has 1 aromatic carbocycles. The fourth-order valence-corrected chi connectivity index (χ4v) is 1.72. The monoisotopic (exact) mass is 218 g/mol. The molecule has 2 atom stereocenters. The standard InChI is InChI=1S/C15H22O/c1-12(14(16)15(2,3)4)10-11-13-8-6-5-7-9-13/h5-12,14,16H,1-4H3/b11-10+/t12-,14-/m1/s1. The Kier molecular flexibility index (Phi) is 4.31. The largest absolute Gasteiger partial charge is 0.392 e. The summed E-state index contributed by atoms with van der Waals surface area (Å²) in [5.41, 5.74) is 1.11. The molecular weight excluding hydrogens is 196 g/mol. The number of aliphatic hydroxyl groups excluding tert-OH is 1. The van der Waals surface area contributed by atoms with Crippen molar-refractivity contribution in [3.8, 4) is 0 Å². The molecule has 0 saturated carbocycles. The van der Waals surface area contributed by atoms with E-state index in [0.717, 1.165) is 0 Å². The second-order valence-corrected chi connectivity index (χ2v) is 5.44. The number of benzene rings is 1. The van der Waals surface area contributed by atoms with Gasteiger partial charge in [-0.2, -0.15) is 0 Å². The third-order valence-electron chi connectivity index (χ3n) is 2.78. The second kappa shape index (κ2) is 5.31. The molecule has 1 N–H and O–H groups in total. The zero-order valence-corrected chi connectivity index (χ0v) is 10.6. The normalized spacial score (nSPS) is 16.3. The fraction of sp³-hybridized carbons (Fsp3) is 0.467. The van der Waals surface area contributed by atoms with Crippen LogP contribution in [0.25, 0.3) is 6.08 Å². The van der Waals surface area contributed by atoms with Crippen molar-refractivity contribution in [3.63, 3.8) is 0 Å². The Labute approximate surface area is 98.8 Å². The third kappa shape index (κ3) is 3.82. The molecule has 0 bridgehead atoms. The third-order valence-corrected chi connectivity index (χ3v) is 2.78. The van der Waals surface area contributed by atoms with Crippen molar-refractivity contribution in [1.29, 1.82) is 0 Å². The smallest absolute Gasteiger partial charge is 0.0648 e. The summed E-state index contributed by atoms with van der Waals surface area (Å²) in [6, 6.07) is 10.2. The van der Waals surface area contributed by atoms with Crippen molar-refractivity contribution < 1.29 is 5.11 Å². The van der Waals surface area contributed by atoms with Crippen LogP contribution in [0.15, 0.2) is 36.4 Å². The molecule has 0 aliphatic heterocycles. The summed E-state index contributed by atoms with van der Waals surface area (Å²) in [4.78, 5) is 0. The molecule has 1 heteroatoms.